The number of hydrogen-bond acceptors (Lipinski definition) is 4. The first-order chi connectivity index (χ1) is 14.3. The molecule has 0 saturated carbocycles. The van der Waals surface area contributed by atoms with Crippen LogP contribution in [0.2, 0.25) is 0 Å². The number of benzene rings is 3. The third-order valence-electron chi connectivity index (χ3n) is 5.48. The van der Waals surface area contributed by atoms with Crippen LogP contribution in [0.1, 0.15) is 22.0 Å². The highest BCUT2D eigenvalue weighted by Crippen LogP contribution is 2.28. The molecule has 1 aliphatic heterocycles. The molecule has 5 heteroatoms. The fourth-order valence-electron chi connectivity index (χ4n) is 3.90. The van der Waals surface area contributed by atoms with Gasteiger partial charge in [-0.1, -0.05) is 42.5 Å². The van der Waals surface area contributed by atoms with Crippen LogP contribution < -0.4 is 10.1 Å². The Labute approximate surface area is 171 Å². The van der Waals surface area contributed by atoms with Gasteiger partial charge in [0.1, 0.15) is 5.75 Å². The molecule has 0 bridgehead atoms. The van der Waals surface area contributed by atoms with E-state index in [1.54, 1.807) is 31.4 Å². The molecule has 5 nitrogen and oxygen atoms in total. The molecule has 1 atom stereocenters. The van der Waals surface area contributed by atoms with Gasteiger partial charge in [0.25, 0.3) is 5.91 Å². The lowest BCUT2D eigenvalue weighted by Gasteiger charge is -2.35. The van der Waals surface area contributed by atoms with Gasteiger partial charge in [-0.3, -0.25) is 9.69 Å². The Hall–Kier alpha value is -2.89. The van der Waals surface area contributed by atoms with Crippen molar-refractivity contribution >= 4 is 16.7 Å². The van der Waals surface area contributed by atoms with Crippen molar-refractivity contribution in [3.8, 4) is 5.75 Å². The molecule has 0 spiro atoms. The minimum absolute atomic E-state index is 0.0776. The number of amides is 1. The quantitative estimate of drug-likeness (QED) is 0.698. The summed E-state index contributed by atoms with van der Waals surface area (Å²) in [6.07, 6.45) is 0. The molecule has 4 rings (SSSR count). The molecular weight excluding hydrogens is 364 g/mol. The number of hydrogen-bond donors (Lipinski definition) is 1. The minimum atomic E-state index is -0.0776. The predicted molar refractivity (Wildman–Crippen MR) is 114 cm³/mol. The van der Waals surface area contributed by atoms with Crippen molar-refractivity contribution in [1.29, 1.82) is 0 Å². The van der Waals surface area contributed by atoms with Crippen LogP contribution in [0.5, 0.6) is 5.75 Å². The normalized spacial score (nSPS) is 15.8. The standard InChI is InChI=1S/C24H26N2O3/c1-28-20-11-9-19(10-12-20)24(27)25-17-23(26-13-15-29-16-14-26)22-8-4-6-18-5-2-3-7-21(18)22/h2-12,23H,13-17H2,1H3,(H,25,27)/t23-/m1/s1. The van der Waals surface area contributed by atoms with Gasteiger partial charge in [0.2, 0.25) is 0 Å². The van der Waals surface area contributed by atoms with Gasteiger partial charge >= 0.3 is 0 Å². The van der Waals surface area contributed by atoms with E-state index in [2.05, 4.69) is 52.7 Å². The van der Waals surface area contributed by atoms with Gasteiger partial charge in [0, 0.05) is 25.2 Å². The Morgan fingerprint density at radius 2 is 1.76 bits per heavy atom. The van der Waals surface area contributed by atoms with Gasteiger partial charge in [-0.2, -0.15) is 0 Å². The highest BCUT2D eigenvalue weighted by molar-refractivity contribution is 5.94. The van der Waals surface area contributed by atoms with Gasteiger partial charge in [-0.25, -0.2) is 0 Å². The molecule has 1 aliphatic rings. The Morgan fingerprint density at radius 1 is 1.03 bits per heavy atom. The average molecular weight is 390 g/mol. The van der Waals surface area contributed by atoms with Crippen LogP contribution >= 0.6 is 0 Å². The molecule has 1 saturated heterocycles. The number of ether oxygens (including phenoxy) is 2. The maximum Gasteiger partial charge on any atom is 0.251 e. The zero-order chi connectivity index (χ0) is 20.1. The average Bonchev–Trinajstić information content (AvgIpc) is 2.80. The lowest BCUT2D eigenvalue weighted by atomic mass is 9.97. The summed E-state index contributed by atoms with van der Waals surface area (Å²) in [4.78, 5) is 15.1. The summed E-state index contributed by atoms with van der Waals surface area (Å²) < 4.78 is 10.7. The van der Waals surface area contributed by atoms with Crippen molar-refractivity contribution < 1.29 is 14.3 Å². The van der Waals surface area contributed by atoms with Crippen molar-refractivity contribution in [2.75, 3.05) is 40.0 Å². The lowest BCUT2D eigenvalue weighted by molar-refractivity contribution is 0.0165. The van der Waals surface area contributed by atoms with Crippen LogP contribution in [0.25, 0.3) is 10.8 Å². The smallest absolute Gasteiger partial charge is 0.251 e. The number of rotatable bonds is 6. The molecule has 0 aromatic heterocycles. The van der Waals surface area contributed by atoms with Gasteiger partial charge in [-0.15, -0.1) is 0 Å². The summed E-state index contributed by atoms with van der Waals surface area (Å²) in [7, 11) is 1.62. The summed E-state index contributed by atoms with van der Waals surface area (Å²) >= 11 is 0. The molecule has 0 unspecified atom stereocenters. The molecule has 1 N–H and O–H groups in total. The highest BCUT2D eigenvalue weighted by atomic mass is 16.5. The first-order valence-corrected chi connectivity index (χ1v) is 9.98. The summed E-state index contributed by atoms with van der Waals surface area (Å²) in [5.74, 6) is 0.662. The molecule has 150 valence electrons. The first kappa shape index (κ1) is 19.4. The van der Waals surface area contributed by atoms with Crippen molar-refractivity contribution in [2.24, 2.45) is 0 Å². The minimum Gasteiger partial charge on any atom is -0.497 e. The number of fused-ring (bicyclic) bond motifs is 1. The summed E-state index contributed by atoms with van der Waals surface area (Å²) in [5, 5.41) is 5.57. The van der Waals surface area contributed by atoms with E-state index in [4.69, 9.17) is 9.47 Å². The predicted octanol–water partition coefficient (Wildman–Crippen LogP) is 3.65. The van der Waals surface area contributed by atoms with E-state index < -0.39 is 0 Å². The molecule has 1 heterocycles. The van der Waals surface area contributed by atoms with E-state index >= 15 is 0 Å². The van der Waals surface area contributed by atoms with Crippen molar-refractivity contribution in [2.45, 2.75) is 6.04 Å². The van der Waals surface area contributed by atoms with Crippen LogP contribution in [-0.2, 0) is 4.74 Å². The van der Waals surface area contributed by atoms with Crippen LogP contribution in [0.4, 0.5) is 0 Å². The molecule has 1 amide bonds. The van der Waals surface area contributed by atoms with E-state index in [0.717, 1.165) is 18.8 Å². The summed E-state index contributed by atoms with van der Waals surface area (Å²) in [6.45, 7) is 3.68. The topological polar surface area (TPSA) is 50.8 Å². The molecular formula is C24H26N2O3. The van der Waals surface area contributed by atoms with Crippen LogP contribution in [0.3, 0.4) is 0 Å². The molecule has 0 radical (unpaired) electrons. The molecule has 1 fully saturated rings. The second kappa shape index (κ2) is 9.07. The maximum absolute atomic E-state index is 12.7. The Bertz CT molecular complexity index is 960. The molecule has 3 aromatic carbocycles. The van der Waals surface area contributed by atoms with E-state index in [9.17, 15) is 4.79 Å². The molecule has 3 aromatic rings. The Balaban J connectivity index is 1.58. The monoisotopic (exact) mass is 390 g/mol. The van der Waals surface area contributed by atoms with E-state index in [-0.39, 0.29) is 11.9 Å². The fourth-order valence-corrected chi connectivity index (χ4v) is 3.90. The van der Waals surface area contributed by atoms with Crippen molar-refractivity contribution in [1.82, 2.24) is 10.2 Å². The lowest BCUT2D eigenvalue weighted by Crippen LogP contribution is -2.43. The number of morpholine rings is 1. The Morgan fingerprint density at radius 3 is 2.52 bits per heavy atom. The first-order valence-electron chi connectivity index (χ1n) is 9.98. The van der Waals surface area contributed by atoms with E-state index in [0.29, 0.717) is 25.3 Å². The largest absolute Gasteiger partial charge is 0.497 e. The van der Waals surface area contributed by atoms with E-state index in [1.165, 1.54) is 16.3 Å². The van der Waals surface area contributed by atoms with Gasteiger partial charge in [0.15, 0.2) is 0 Å². The second-order valence-corrected chi connectivity index (χ2v) is 7.17. The van der Waals surface area contributed by atoms with Crippen LogP contribution in [0, 0.1) is 0 Å². The molecule has 0 aliphatic carbocycles. The van der Waals surface area contributed by atoms with Crippen molar-refractivity contribution in [3.05, 3.63) is 77.9 Å². The zero-order valence-electron chi connectivity index (χ0n) is 16.6. The molecule has 29 heavy (non-hydrogen) atoms. The second-order valence-electron chi connectivity index (χ2n) is 7.17. The number of methoxy groups -OCH3 is 1. The maximum atomic E-state index is 12.7. The number of carbonyl (C=O) groups excluding carboxylic acids is 1. The third-order valence-corrected chi connectivity index (χ3v) is 5.48. The zero-order valence-corrected chi connectivity index (χ0v) is 16.6. The van der Waals surface area contributed by atoms with Gasteiger partial charge in [-0.05, 0) is 40.6 Å². The van der Waals surface area contributed by atoms with Gasteiger partial charge in [0.05, 0.1) is 26.4 Å². The van der Waals surface area contributed by atoms with Crippen LogP contribution in [-0.4, -0.2) is 50.8 Å². The summed E-state index contributed by atoms with van der Waals surface area (Å²) in [6, 6.07) is 22.1. The summed E-state index contributed by atoms with van der Waals surface area (Å²) in [5.41, 5.74) is 1.87. The van der Waals surface area contributed by atoms with Gasteiger partial charge < -0.3 is 14.8 Å². The fraction of sp³-hybridized carbons (Fsp3) is 0.292. The van der Waals surface area contributed by atoms with Crippen LogP contribution in [0.15, 0.2) is 66.7 Å². The number of nitrogens with zero attached hydrogens (tertiary/aromatic N) is 1. The highest BCUT2D eigenvalue weighted by Gasteiger charge is 2.24. The number of nitrogens with one attached hydrogen (secondary N) is 1. The number of carbonyl (C=O) groups is 1. The van der Waals surface area contributed by atoms with E-state index in [1.807, 2.05) is 0 Å². The van der Waals surface area contributed by atoms with Crippen molar-refractivity contribution in [3.63, 3.8) is 0 Å². The third kappa shape index (κ3) is 4.42. The SMILES string of the molecule is COc1ccc(C(=O)NC[C@H](c2cccc3ccccc23)N2CCOCC2)cc1. The Kier molecular flexibility index (Phi) is 6.08.